The summed E-state index contributed by atoms with van der Waals surface area (Å²) in [5, 5.41) is 0. The maximum atomic E-state index is 12.1. The monoisotopic (exact) mass is 251 g/mol. The lowest BCUT2D eigenvalue weighted by molar-refractivity contribution is -0.0498. The summed E-state index contributed by atoms with van der Waals surface area (Å²) >= 11 is 0. The molecule has 0 amide bonds. The van der Waals surface area contributed by atoms with Crippen molar-refractivity contribution in [2.24, 2.45) is 0 Å². The van der Waals surface area contributed by atoms with E-state index in [9.17, 15) is 17.6 Å². The molecule has 0 spiro atoms. The van der Waals surface area contributed by atoms with Crippen molar-refractivity contribution in [1.82, 2.24) is 4.90 Å². The quantitative estimate of drug-likeness (QED) is 0.721. The van der Waals surface area contributed by atoms with E-state index in [0.29, 0.717) is 6.54 Å². The molecule has 1 aromatic carbocycles. The Balaban J connectivity index is 2.50. The van der Waals surface area contributed by atoms with Crippen molar-refractivity contribution >= 4 is 0 Å². The fourth-order valence-electron chi connectivity index (χ4n) is 1.39. The van der Waals surface area contributed by atoms with E-state index in [-0.39, 0.29) is 12.3 Å². The molecular weight excluding hydrogens is 238 g/mol. The SMILES string of the molecule is CN(Cc1ccc(OC(F)F)cc1)CC(F)F. The molecule has 2 nitrogen and oxygen atoms in total. The van der Waals surface area contributed by atoms with Crippen LogP contribution in [0, 0.1) is 0 Å². The highest BCUT2D eigenvalue weighted by Gasteiger charge is 2.08. The van der Waals surface area contributed by atoms with Gasteiger partial charge in [-0.15, -0.1) is 0 Å². The molecule has 0 bridgehead atoms. The van der Waals surface area contributed by atoms with Gasteiger partial charge in [-0.3, -0.25) is 4.90 Å². The van der Waals surface area contributed by atoms with Crippen molar-refractivity contribution in [2.45, 2.75) is 19.6 Å². The Morgan fingerprint density at radius 3 is 2.18 bits per heavy atom. The van der Waals surface area contributed by atoms with E-state index in [2.05, 4.69) is 4.74 Å². The van der Waals surface area contributed by atoms with Crippen LogP contribution < -0.4 is 4.74 Å². The zero-order valence-electron chi connectivity index (χ0n) is 9.25. The largest absolute Gasteiger partial charge is 0.435 e. The average Bonchev–Trinajstić information content (AvgIpc) is 2.18. The molecule has 96 valence electrons. The molecule has 0 atom stereocenters. The molecule has 0 N–H and O–H groups in total. The van der Waals surface area contributed by atoms with Gasteiger partial charge in [0.25, 0.3) is 6.43 Å². The summed E-state index contributed by atoms with van der Waals surface area (Å²) in [6.07, 6.45) is -2.39. The smallest absolute Gasteiger partial charge is 0.387 e. The number of ether oxygens (including phenoxy) is 1. The van der Waals surface area contributed by atoms with Gasteiger partial charge in [0.2, 0.25) is 0 Å². The molecule has 0 saturated carbocycles. The Morgan fingerprint density at radius 2 is 1.71 bits per heavy atom. The van der Waals surface area contributed by atoms with E-state index in [1.807, 2.05) is 0 Å². The summed E-state index contributed by atoms with van der Waals surface area (Å²) in [6.45, 7) is -2.85. The number of hydrogen-bond acceptors (Lipinski definition) is 2. The molecular formula is C11H13F4NO. The fourth-order valence-corrected chi connectivity index (χ4v) is 1.39. The lowest BCUT2D eigenvalue weighted by atomic mass is 10.2. The summed E-state index contributed by atoms with van der Waals surface area (Å²) in [6, 6.07) is 5.91. The average molecular weight is 251 g/mol. The van der Waals surface area contributed by atoms with Gasteiger partial charge in [-0.25, -0.2) is 8.78 Å². The number of nitrogens with zero attached hydrogens (tertiary/aromatic N) is 1. The van der Waals surface area contributed by atoms with Crippen LogP contribution in [0.4, 0.5) is 17.6 Å². The van der Waals surface area contributed by atoms with Crippen molar-refractivity contribution in [3.05, 3.63) is 29.8 Å². The van der Waals surface area contributed by atoms with Crippen molar-refractivity contribution in [3.63, 3.8) is 0 Å². The van der Waals surface area contributed by atoms with Crippen LogP contribution in [-0.4, -0.2) is 31.5 Å². The Hall–Kier alpha value is -1.30. The number of rotatable bonds is 6. The van der Waals surface area contributed by atoms with Gasteiger partial charge < -0.3 is 4.74 Å². The standard InChI is InChI=1S/C11H13F4NO/c1-16(7-10(12)13)6-8-2-4-9(5-3-8)17-11(14)15/h2-5,10-11H,6-7H2,1H3. The van der Waals surface area contributed by atoms with Crippen LogP contribution in [0.15, 0.2) is 24.3 Å². The third kappa shape index (κ3) is 5.53. The third-order valence-electron chi connectivity index (χ3n) is 2.05. The Morgan fingerprint density at radius 1 is 1.12 bits per heavy atom. The number of alkyl halides is 4. The number of hydrogen-bond donors (Lipinski definition) is 0. The van der Waals surface area contributed by atoms with Crippen LogP contribution in [0.25, 0.3) is 0 Å². The molecule has 0 aliphatic carbocycles. The lowest BCUT2D eigenvalue weighted by Gasteiger charge is -2.16. The van der Waals surface area contributed by atoms with Gasteiger partial charge in [0.1, 0.15) is 5.75 Å². The lowest BCUT2D eigenvalue weighted by Crippen LogP contribution is -2.24. The van der Waals surface area contributed by atoms with Gasteiger partial charge in [-0.05, 0) is 24.7 Å². The van der Waals surface area contributed by atoms with Gasteiger partial charge in [-0.1, -0.05) is 12.1 Å². The third-order valence-corrected chi connectivity index (χ3v) is 2.05. The van der Waals surface area contributed by atoms with Crippen LogP contribution in [0.1, 0.15) is 5.56 Å². The first-order valence-electron chi connectivity index (χ1n) is 4.98. The normalized spacial score (nSPS) is 11.5. The van der Waals surface area contributed by atoms with E-state index in [1.54, 1.807) is 19.2 Å². The molecule has 0 unspecified atom stereocenters. The maximum absolute atomic E-state index is 12.1. The van der Waals surface area contributed by atoms with Crippen LogP contribution in [0.5, 0.6) is 5.75 Å². The molecule has 0 aliphatic heterocycles. The van der Waals surface area contributed by atoms with E-state index in [0.717, 1.165) is 5.56 Å². The second-order valence-electron chi connectivity index (χ2n) is 3.61. The first-order valence-corrected chi connectivity index (χ1v) is 4.98. The van der Waals surface area contributed by atoms with Gasteiger partial charge in [-0.2, -0.15) is 8.78 Å². The number of halogens is 4. The zero-order valence-corrected chi connectivity index (χ0v) is 9.25. The molecule has 6 heteroatoms. The Kier molecular flexibility index (Phi) is 5.21. The minimum absolute atomic E-state index is 0.0558. The van der Waals surface area contributed by atoms with Crippen LogP contribution in [-0.2, 0) is 6.54 Å². The van der Waals surface area contributed by atoms with E-state index in [4.69, 9.17) is 0 Å². The second-order valence-corrected chi connectivity index (χ2v) is 3.61. The summed E-state index contributed by atoms with van der Waals surface area (Å²) in [5.41, 5.74) is 0.759. The topological polar surface area (TPSA) is 12.5 Å². The van der Waals surface area contributed by atoms with Crippen LogP contribution in [0.3, 0.4) is 0 Å². The highest BCUT2D eigenvalue weighted by Crippen LogP contribution is 2.15. The molecule has 0 saturated heterocycles. The predicted octanol–water partition coefficient (Wildman–Crippen LogP) is 2.98. The molecule has 0 aromatic heterocycles. The van der Waals surface area contributed by atoms with E-state index in [1.165, 1.54) is 17.0 Å². The van der Waals surface area contributed by atoms with Crippen molar-refractivity contribution < 1.29 is 22.3 Å². The van der Waals surface area contributed by atoms with Gasteiger partial charge in [0, 0.05) is 6.54 Å². The van der Waals surface area contributed by atoms with Gasteiger partial charge in [0.05, 0.1) is 6.54 Å². The van der Waals surface area contributed by atoms with Crippen molar-refractivity contribution in [3.8, 4) is 5.75 Å². The van der Waals surface area contributed by atoms with Crippen molar-refractivity contribution in [1.29, 1.82) is 0 Å². The predicted molar refractivity (Wildman–Crippen MR) is 55.4 cm³/mol. The number of benzene rings is 1. The van der Waals surface area contributed by atoms with Crippen LogP contribution >= 0.6 is 0 Å². The summed E-state index contributed by atoms with van der Waals surface area (Å²) < 4.78 is 52.0. The van der Waals surface area contributed by atoms with E-state index >= 15 is 0 Å². The zero-order chi connectivity index (χ0) is 12.8. The highest BCUT2D eigenvalue weighted by molar-refractivity contribution is 5.27. The fraction of sp³-hybridized carbons (Fsp3) is 0.455. The minimum Gasteiger partial charge on any atom is -0.435 e. The van der Waals surface area contributed by atoms with E-state index < -0.39 is 13.0 Å². The highest BCUT2D eigenvalue weighted by atomic mass is 19.3. The Labute approximate surface area is 96.8 Å². The summed E-state index contributed by atoms with van der Waals surface area (Å²) in [7, 11) is 1.57. The first-order chi connectivity index (χ1) is 7.97. The molecule has 1 aromatic rings. The maximum Gasteiger partial charge on any atom is 0.387 e. The summed E-state index contributed by atoms with van der Waals surface area (Å²) in [5.74, 6) is 0.0558. The van der Waals surface area contributed by atoms with Gasteiger partial charge in [0.15, 0.2) is 0 Å². The van der Waals surface area contributed by atoms with Crippen molar-refractivity contribution in [2.75, 3.05) is 13.6 Å². The second kappa shape index (κ2) is 6.44. The Bertz CT molecular complexity index is 329. The molecule has 0 fully saturated rings. The van der Waals surface area contributed by atoms with Crippen LogP contribution in [0.2, 0.25) is 0 Å². The molecule has 0 radical (unpaired) electrons. The molecule has 0 aliphatic rings. The minimum atomic E-state index is -2.86. The van der Waals surface area contributed by atoms with Gasteiger partial charge >= 0.3 is 6.61 Å². The summed E-state index contributed by atoms with van der Waals surface area (Å²) in [4.78, 5) is 1.45. The molecule has 0 heterocycles. The molecule has 1 rings (SSSR count). The first kappa shape index (κ1) is 13.8. The molecule has 17 heavy (non-hydrogen) atoms.